The predicted molar refractivity (Wildman–Crippen MR) is 64.2 cm³/mol. The Morgan fingerprint density at radius 3 is 2.76 bits per heavy atom. The second-order valence-electron chi connectivity index (χ2n) is 4.41. The van der Waals surface area contributed by atoms with E-state index in [9.17, 15) is 8.78 Å². The highest BCUT2D eigenvalue weighted by Gasteiger charge is 2.23. The summed E-state index contributed by atoms with van der Waals surface area (Å²) in [5, 5.41) is 6.75. The van der Waals surface area contributed by atoms with Gasteiger partial charge in [-0.15, -0.1) is 5.10 Å². The first-order chi connectivity index (χ1) is 8.09. The van der Waals surface area contributed by atoms with E-state index in [1.165, 1.54) is 4.90 Å². The van der Waals surface area contributed by atoms with Gasteiger partial charge in [0.1, 0.15) is 0 Å². The molecule has 1 aliphatic carbocycles. The summed E-state index contributed by atoms with van der Waals surface area (Å²) in [5.41, 5.74) is 0. The van der Waals surface area contributed by atoms with Gasteiger partial charge in [-0.25, -0.2) is 13.9 Å². The zero-order valence-corrected chi connectivity index (χ0v) is 10.5. The van der Waals surface area contributed by atoms with Crippen LogP contribution >= 0.6 is 12.2 Å². The molecule has 17 heavy (non-hydrogen) atoms. The van der Waals surface area contributed by atoms with Crippen LogP contribution < -0.4 is 4.90 Å². The number of H-pyrrole nitrogens is 1. The fourth-order valence-electron chi connectivity index (χ4n) is 2.35. The molecule has 0 aromatic carbocycles. The minimum atomic E-state index is -2.37. The van der Waals surface area contributed by atoms with E-state index < -0.39 is 6.43 Å². The number of hydrogen-bond donors (Lipinski definition) is 1. The lowest BCUT2D eigenvalue weighted by Crippen LogP contribution is -2.27. The van der Waals surface area contributed by atoms with Gasteiger partial charge in [-0.2, -0.15) is 0 Å². The van der Waals surface area contributed by atoms with Crippen molar-refractivity contribution in [2.24, 2.45) is 0 Å². The topological polar surface area (TPSA) is 36.9 Å². The van der Waals surface area contributed by atoms with Crippen LogP contribution in [0, 0.1) is 4.77 Å². The molecule has 1 aromatic rings. The fourth-order valence-corrected chi connectivity index (χ4v) is 2.62. The number of aromatic amines is 1. The summed E-state index contributed by atoms with van der Waals surface area (Å²) in [7, 11) is 1.61. The number of aromatic nitrogens is 3. The largest absolute Gasteiger partial charge is 0.338 e. The number of rotatable bonds is 4. The molecule has 1 aliphatic rings. The molecule has 0 bridgehead atoms. The van der Waals surface area contributed by atoms with Gasteiger partial charge in [0.25, 0.3) is 6.43 Å². The third-order valence-electron chi connectivity index (χ3n) is 3.13. The van der Waals surface area contributed by atoms with Gasteiger partial charge in [0, 0.05) is 13.1 Å². The minimum Gasteiger partial charge on any atom is -0.338 e. The maximum atomic E-state index is 12.4. The van der Waals surface area contributed by atoms with Gasteiger partial charge in [0.2, 0.25) is 5.95 Å². The van der Waals surface area contributed by atoms with Gasteiger partial charge in [0.05, 0.1) is 6.54 Å². The van der Waals surface area contributed by atoms with Crippen molar-refractivity contribution >= 4 is 18.2 Å². The highest BCUT2D eigenvalue weighted by Crippen LogP contribution is 2.32. The van der Waals surface area contributed by atoms with Gasteiger partial charge in [-0.05, 0) is 25.1 Å². The van der Waals surface area contributed by atoms with E-state index >= 15 is 0 Å². The SMILES string of the molecule is CN(CC(F)F)c1n[nH]c(=S)n1C1CCCC1. The van der Waals surface area contributed by atoms with Gasteiger partial charge < -0.3 is 4.90 Å². The Balaban J connectivity index is 2.25. The highest BCUT2D eigenvalue weighted by atomic mass is 32.1. The normalized spacial score (nSPS) is 16.9. The van der Waals surface area contributed by atoms with Crippen LogP contribution in [0.2, 0.25) is 0 Å². The van der Waals surface area contributed by atoms with Crippen LogP contribution in [0.3, 0.4) is 0 Å². The van der Waals surface area contributed by atoms with E-state index in [1.807, 2.05) is 4.57 Å². The van der Waals surface area contributed by atoms with Crippen LogP contribution in [0.1, 0.15) is 31.7 Å². The molecular formula is C10H16F2N4S. The van der Waals surface area contributed by atoms with Crippen LogP contribution in [-0.4, -0.2) is 34.8 Å². The maximum absolute atomic E-state index is 12.4. The van der Waals surface area contributed by atoms with Crippen molar-refractivity contribution in [3.8, 4) is 0 Å². The first-order valence-corrected chi connectivity index (χ1v) is 6.16. The molecule has 1 fully saturated rings. The standard InChI is InChI=1S/C10H16F2N4S/c1-15(6-8(11)12)9-13-14-10(17)16(9)7-4-2-3-5-7/h7-8H,2-6H2,1H3,(H,14,17). The van der Waals surface area contributed by atoms with Crippen LogP contribution in [-0.2, 0) is 0 Å². The zero-order valence-electron chi connectivity index (χ0n) is 9.70. The first kappa shape index (κ1) is 12.5. The maximum Gasteiger partial charge on any atom is 0.255 e. The van der Waals surface area contributed by atoms with Crippen molar-refractivity contribution in [1.29, 1.82) is 0 Å². The van der Waals surface area contributed by atoms with Crippen molar-refractivity contribution in [1.82, 2.24) is 14.8 Å². The van der Waals surface area contributed by atoms with E-state index in [-0.39, 0.29) is 6.54 Å². The summed E-state index contributed by atoms with van der Waals surface area (Å²) in [4.78, 5) is 1.45. The molecule has 1 heterocycles. The Kier molecular flexibility index (Phi) is 3.76. The third-order valence-corrected chi connectivity index (χ3v) is 3.42. The molecule has 0 atom stereocenters. The molecule has 0 unspecified atom stereocenters. The second-order valence-corrected chi connectivity index (χ2v) is 4.80. The van der Waals surface area contributed by atoms with E-state index in [4.69, 9.17) is 12.2 Å². The van der Waals surface area contributed by atoms with Crippen molar-refractivity contribution in [2.75, 3.05) is 18.5 Å². The Labute approximate surface area is 104 Å². The van der Waals surface area contributed by atoms with E-state index in [2.05, 4.69) is 10.2 Å². The molecule has 1 N–H and O–H groups in total. The molecule has 0 amide bonds. The van der Waals surface area contributed by atoms with E-state index in [0.717, 1.165) is 25.7 Å². The minimum absolute atomic E-state index is 0.302. The van der Waals surface area contributed by atoms with Crippen molar-refractivity contribution in [2.45, 2.75) is 38.2 Å². The molecule has 0 saturated heterocycles. The lowest BCUT2D eigenvalue weighted by molar-refractivity contribution is 0.155. The summed E-state index contributed by atoms with van der Waals surface area (Å²) in [6.07, 6.45) is 2.04. The van der Waals surface area contributed by atoms with Gasteiger partial charge in [0.15, 0.2) is 4.77 Å². The molecule has 1 aromatic heterocycles. The average molecular weight is 262 g/mol. The number of hydrogen-bond acceptors (Lipinski definition) is 3. The van der Waals surface area contributed by atoms with Gasteiger partial charge in [-0.3, -0.25) is 4.57 Å². The smallest absolute Gasteiger partial charge is 0.255 e. The Bertz CT molecular complexity index is 422. The average Bonchev–Trinajstić information content (AvgIpc) is 2.84. The van der Waals surface area contributed by atoms with Crippen LogP contribution in [0.15, 0.2) is 0 Å². The number of alkyl halides is 2. The first-order valence-electron chi connectivity index (χ1n) is 5.75. The lowest BCUT2D eigenvalue weighted by Gasteiger charge is -2.21. The number of anilines is 1. The zero-order chi connectivity index (χ0) is 12.4. The lowest BCUT2D eigenvalue weighted by atomic mass is 10.2. The summed E-state index contributed by atoms with van der Waals surface area (Å²) >= 11 is 5.17. The second kappa shape index (κ2) is 5.12. The Morgan fingerprint density at radius 1 is 1.53 bits per heavy atom. The summed E-state index contributed by atoms with van der Waals surface area (Å²) in [5.74, 6) is 0.516. The quantitative estimate of drug-likeness (QED) is 0.848. The predicted octanol–water partition coefficient (Wildman–Crippen LogP) is 2.76. The Morgan fingerprint density at radius 2 is 2.18 bits per heavy atom. The van der Waals surface area contributed by atoms with Crippen LogP contribution in [0.5, 0.6) is 0 Å². The molecule has 2 rings (SSSR count). The Hall–Kier alpha value is -0.980. The monoisotopic (exact) mass is 262 g/mol. The highest BCUT2D eigenvalue weighted by molar-refractivity contribution is 7.71. The summed E-state index contributed by atoms with van der Waals surface area (Å²) in [6, 6.07) is 0.302. The van der Waals surface area contributed by atoms with Gasteiger partial charge >= 0.3 is 0 Å². The summed E-state index contributed by atoms with van der Waals surface area (Å²) < 4.78 is 27.1. The van der Waals surface area contributed by atoms with E-state index in [1.54, 1.807) is 7.05 Å². The molecule has 1 saturated carbocycles. The molecular weight excluding hydrogens is 246 g/mol. The fraction of sp³-hybridized carbons (Fsp3) is 0.800. The molecule has 7 heteroatoms. The molecule has 96 valence electrons. The third kappa shape index (κ3) is 2.65. The van der Waals surface area contributed by atoms with Crippen LogP contribution in [0.4, 0.5) is 14.7 Å². The number of nitrogens with zero attached hydrogens (tertiary/aromatic N) is 3. The van der Waals surface area contributed by atoms with Crippen molar-refractivity contribution in [3.63, 3.8) is 0 Å². The van der Waals surface area contributed by atoms with Crippen molar-refractivity contribution in [3.05, 3.63) is 4.77 Å². The van der Waals surface area contributed by atoms with Crippen molar-refractivity contribution < 1.29 is 8.78 Å². The molecule has 4 nitrogen and oxygen atoms in total. The number of nitrogens with one attached hydrogen (secondary N) is 1. The number of halogens is 2. The molecule has 0 spiro atoms. The van der Waals surface area contributed by atoms with E-state index in [0.29, 0.717) is 16.8 Å². The summed E-state index contributed by atoms with van der Waals surface area (Å²) in [6.45, 7) is -0.327. The molecule has 0 aliphatic heterocycles. The van der Waals surface area contributed by atoms with Gasteiger partial charge in [-0.1, -0.05) is 12.8 Å². The molecule has 0 radical (unpaired) electrons. The van der Waals surface area contributed by atoms with Crippen LogP contribution in [0.25, 0.3) is 0 Å².